The summed E-state index contributed by atoms with van der Waals surface area (Å²) >= 11 is 0. The largest absolute Gasteiger partial charge is 0.447 e. The molecule has 1 aliphatic carbocycles. The van der Waals surface area contributed by atoms with Crippen LogP contribution in [0.15, 0.2) is 18.2 Å². The fourth-order valence-electron chi connectivity index (χ4n) is 5.02. The van der Waals surface area contributed by atoms with E-state index >= 15 is 0 Å². The van der Waals surface area contributed by atoms with E-state index in [1.165, 1.54) is 0 Å². The lowest BCUT2D eigenvalue weighted by Gasteiger charge is -2.52. The summed E-state index contributed by atoms with van der Waals surface area (Å²) in [6.07, 6.45) is -0.162. The van der Waals surface area contributed by atoms with Crippen molar-refractivity contribution < 1.29 is 18.3 Å². The second-order valence-corrected chi connectivity index (χ2v) is 7.79. The van der Waals surface area contributed by atoms with Gasteiger partial charge in [0.15, 0.2) is 5.41 Å². The van der Waals surface area contributed by atoms with Crippen LogP contribution < -0.4 is 0 Å². The standard InChI is InChI=1S/C20H16F2N4O2/c1-11-4-5-20-15(6-11)19(10-25,17(26)28-20)18(8-23,9-24)16(27-20)13-7-12(21)2-3-14(13)22/h2-3,7,11,15-16,26H,4-6H2,1H3. The summed E-state index contributed by atoms with van der Waals surface area (Å²) in [7, 11) is 0. The van der Waals surface area contributed by atoms with Gasteiger partial charge in [0.1, 0.15) is 17.7 Å². The molecule has 28 heavy (non-hydrogen) atoms. The first kappa shape index (κ1) is 18.3. The van der Waals surface area contributed by atoms with E-state index in [0.717, 1.165) is 18.2 Å². The summed E-state index contributed by atoms with van der Waals surface area (Å²) in [5.74, 6) is -4.12. The Labute approximate surface area is 160 Å². The van der Waals surface area contributed by atoms with E-state index < -0.39 is 46.2 Å². The SMILES string of the molecule is CC1CCC23OC(=N)C(C#N)(C2C1)C(C#N)(C#N)C(c1cc(F)ccc1F)O3. The van der Waals surface area contributed by atoms with Crippen molar-refractivity contribution in [3.63, 3.8) is 0 Å². The molecule has 5 atom stereocenters. The molecule has 1 aromatic rings. The van der Waals surface area contributed by atoms with Crippen LogP contribution in [0.25, 0.3) is 0 Å². The van der Waals surface area contributed by atoms with Gasteiger partial charge in [-0.25, -0.2) is 8.78 Å². The molecule has 4 rings (SSSR count). The van der Waals surface area contributed by atoms with Gasteiger partial charge in [0.05, 0.1) is 24.1 Å². The molecule has 5 unspecified atom stereocenters. The van der Waals surface area contributed by atoms with Crippen molar-refractivity contribution in [3.8, 4) is 18.2 Å². The minimum atomic E-state index is -2.27. The van der Waals surface area contributed by atoms with Crippen LogP contribution in [-0.2, 0) is 9.47 Å². The molecule has 0 aromatic heterocycles. The maximum atomic E-state index is 14.6. The van der Waals surface area contributed by atoms with Crippen LogP contribution in [0.3, 0.4) is 0 Å². The van der Waals surface area contributed by atoms with Gasteiger partial charge >= 0.3 is 0 Å². The molecule has 2 heterocycles. The van der Waals surface area contributed by atoms with Crippen molar-refractivity contribution in [3.05, 3.63) is 35.4 Å². The van der Waals surface area contributed by atoms with Crippen LogP contribution in [-0.4, -0.2) is 11.7 Å². The number of hydrogen-bond donors (Lipinski definition) is 1. The summed E-state index contributed by atoms with van der Waals surface area (Å²) in [6, 6.07) is 8.34. The summed E-state index contributed by atoms with van der Waals surface area (Å²) in [5, 5.41) is 38.6. The predicted molar refractivity (Wildman–Crippen MR) is 89.9 cm³/mol. The highest BCUT2D eigenvalue weighted by Gasteiger charge is 2.81. The number of benzene rings is 1. The molecule has 2 saturated heterocycles. The number of halogens is 2. The molecule has 1 aromatic carbocycles. The van der Waals surface area contributed by atoms with E-state index in [0.29, 0.717) is 19.3 Å². The topological polar surface area (TPSA) is 114 Å². The van der Waals surface area contributed by atoms with E-state index in [4.69, 9.17) is 14.9 Å². The third kappa shape index (κ3) is 1.92. The van der Waals surface area contributed by atoms with Gasteiger partial charge in [0.2, 0.25) is 17.1 Å². The molecule has 142 valence electrons. The van der Waals surface area contributed by atoms with Gasteiger partial charge < -0.3 is 9.47 Å². The summed E-state index contributed by atoms with van der Waals surface area (Å²) < 4.78 is 40.3. The quantitative estimate of drug-likeness (QED) is 0.795. The first-order valence-corrected chi connectivity index (χ1v) is 8.95. The molecule has 2 bridgehead atoms. The summed E-state index contributed by atoms with van der Waals surface area (Å²) in [5.41, 5.74) is -4.54. The fraction of sp³-hybridized carbons (Fsp3) is 0.500. The Kier molecular flexibility index (Phi) is 3.76. The molecule has 6 nitrogen and oxygen atoms in total. The van der Waals surface area contributed by atoms with E-state index in [1.807, 2.05) is 25.1 Å². The molecule has 0 radical (unpaired) electrons. The Hall–Kier alpha value is -3.02. The molecule has 1 saturated carbocycles. The number of nitriles is 3. The van der Waals surface area contributed by atoms with Crippen molar-refractivity contribution in [1.82, 2.24) is 0 Å². The van der Waals surface area contributed by atoms with Crippen LogP contribution in [0.5, 0.6) is 0 Å². The Balaban J connectivity index is 2.03. The van der Waals surface area contributed by atoms with Gasteiger partial charge in [-0.3, -0.25) is 5.41 Å². The molecule has 2 aliphatic heterocycles. The molecule has 1 N–H and O–H groups in total. The highest BCUT2D eigenvalue weighted by Crippen LogP contribution is 2.70. The van der Waals surface area contributed by atoms with Crippen molar-refractivity contribution in [2.24, 2.45) is 22.7 Å². The Morgan fingerprint density at radius 2 is 1.89 bits per heavy atom. The van der Waals surface area contributed by atoms with Gasteiger partial charge in [-0.15, -0.1) is 0 Å². The van der Waals surface area contributed by atoms with Crippen LogP contribution in [0.1, 0.15) is 37.9 Å². The molecule has 3 aliphatic rings. The lowest BCUT2D eigenvalue weighted by molar-refractivity contribution is -0.298. The van der Waals surface area contributed by atoms with E-state index in [9.17, 15) is 24.6 Å². The molecular weight excluding hydrogens is 366 g/mol. The van der Waals surface area contributed by atoms with Gasteiger partial charge in [0, 0.05) is 12.0 Å². The Morgan fingerprint density at radius 1 is 1.18 bits per heavy atom. The van der Waals surface area contributed by atoms with Crippen molar-refractivity contribution in [1.29, 1.82) is 21.2 Å². The van der Waals surface area contributed by atoms with Crippen LogP contribution >= 0.6 is 0 Å². The molecule has 0 amide bonds. The minimum Gasteiger partial charge on any atom is -0.447 e. The van der Waals surface area contributed by atoms with Crippen molar-refractivity contribution in [2.75, 3.05) is 0 Å². The lowest BCUT2D eigenvalue weighted by Crippen LogP contribution is -2.61. The van der Waals surface area contributed by atoms with Gasteiger partial charge in [-0.1, -0.05) is 6.92 Å². The van der Waals surface area contributed by atoms with Gasteiger partial charge in [-0.2, -0.15) is 15.8 Å². The third-order valence-electron chi connectivity index (χ3n) is 6.41. The van der Waals surface area contributed by atoms with Crippen molar-refractivity contribution in [2.45, 2.75) is 38.1 Å². The van der Waals surface area contributed by atoms with Gasteiger partial charge in [-0.05, 0) is 37.0 Å². The number of ether oxygens (including phenoxy) is 2. The van der Waals surface area contributed by atoms with Crippen LogP contribution in [0.4, 0.5) is 8.78 Å². The first-order valence-electron chi connectivity index (χ1n) is 8.95. The lowest BCUT2D eigenvalue weighted by atomic mass is 9.50. The minimum absolute atomic E-state index is 0.168. The number of nitrogens with one attached hydrogen (secondary N) is 1. The number of rotatable bonds is 1. The third-order valence-corrected chi connectivity index (χ3v) is 6.41. The zero-order valence-corrected chi connectivity index (χ0v) is 15.0. The van der Waals surface area contributed by atoms with Crippen LogP contribution in [0, 0.1) is 73.7 Å². The fourth-order valence-corrected chi connectivity index (χ4v) is 5.02. The van der Waals surface area contributed by atoms with Gasteiger partial charge in [0.25, 0.3) is 0 Å². The number of nitrogens with zero attached hydrogens (tertiary/aromatic N) is 3. The predicted octanol–water partition coefficient (Wildman–Crippen LogP) is 3.72. The van der Waals surface area contributed by atoms with Crippen LogP contribution in [0.2, 0.25) is 0 Å². The normalized spacial score (nSPS) is 37.7. The molecule has 8 heteroatoms. The molecule has 0 spiro atoms. The maximum absolute atomic E-state index is 14.6. The summed E-state index contributed by atoms with van der Waals surface area (Å²) in [6.45, 7) is 1.97. The Bertz CT molecular complexity index is 993. The Morgan fingerprint density at radius 3 is 2.54 bits per heavy atom. The molecule has 3 fully saturated rings. The highest BCUT2D eigenvalue weighted by molar-refractivity contribution is 5.89. The first-order chi connectivity index (χ1) is 13.3. The van der Waals surface area contributed by atoms with E-state index in [-0.39, 0.29) is 11.5 Å². The highest BCUT2D eigenvalue weighted by atomic mass is 19.1. The zero-order valence-electron chi connectivity index (χ0n) is 15.0. The maximum Gasteiger partial charge on any atom is 0.217 e. The average Bonchev–Trinajstić information content (AvgIpc) is 2.88. The monoisotopic (exact) mass is 382 g/mol. The van der Waals surface area contributed by atoms with E-state index in [2.05, 4.69) is 0 Å². The zero-order chi connectivity index (χ0) is 20.3. The number of hydrogen-bond acceptors (Lipinski definition) is 6. The summed E-state index contributed by atoms with van der Waals surface area (Å²) in [4.78, 5) is 0. The smallest absolute Gasteiger partial charge is 0.217 e. The van der Waals surface area contributed by atoms with E-state index in [1.54, 1.807) is 0 Å². The average molecular weight is 382 g/mol. The second kappa shape index (κ2) is 5.74. The van der Waals surface area contributed by atoms with Crippen molar-refractivity contribution >= 4 is 5.90 Å². The molecular formula is C20H16F2N4O2. The second-order valence-electron chi connectivity index (χ2n) is 7.79.